The van der Waals surface area contributed by atoms with Crippen molar-refractivity contribution in [2.75, 3.05) is 0 Å². The lowest BCUT2D eigenvalue weighted by Gasteiger charge is -2.12. The van der Waals surface area contributed by atoms with E-state index in [4.69, 9.17) is 0 Å². The second-order valence-electron chi connectivity index (χ2n) is 4.88. The molecule has 2 aromatic carbocycles. The highest BCUT2D eigenvalue weighted by molar-refractivity contribution is 7.85. The van der Waals surface area contributed by atoms with Crippen LogP contribution in [0, 0.1) is 29.1 Å². The Kier molecular flexibility index (Phi) is 4.63. The van der Waals surface area contributed by atoms with Crippen LogP contribution >= 0.6 is 0 Å². The van der Waals surface area contributed by atoms with Crippen LogP contribution in [0.5, 0.6) is 0 Å². The number of pyridine rings is 1. The third kappa shape index (κ3) is 2.93. The van der Waals surface area contributed by atoms with E-state index in [9.17, 15) is 26.2 Å². The number of aromatic nitrogens is 1. The fourth-order valence-corrected chi connectivity index (χ4v) is 3.40. The highest BCUT2D eigenvalue weighted by Crippen LogP contribution is 2.35. The molecule has 1 atom stereocenters. The van der Waals surface area contributed by atoms with Crippen LogP contribution in [-0.4, -0.2) is 9.19 Å². The zero-order valence-corrected chi connectivity index (χ0v) is 13.1. The molecular formula is C17H8F5NOS. The van der Waals surface area contributed by atoms with Gasteiger partial charge in [0, 0.05) is 11.8 Å². The first kappa shape index (κ1) is 17.2. The molecule has 2 nitrogen and oxygen atoms in total. The summed E-state index contributed by atoms with van der Waals surface area (Å²) < 4.78 is 81.1. The van der Waals surface area contributed by atoms with Crippen LogP contribution in [0.1, 0.15) is 0 Å². The molecule has 0 fully saturated rings. The number of nitrogens with zero attached hydrogens (tertiary/aromatic N) is 1. The van der Waals surface area contributed by atoms with Gasteiger partial charge in [-0.05, 0) is 18.2 Å². The first-order valence-corrected chi connectivity index (χ1v) is 8.02. The summed E-state index contributed by atoms with van der Waals surface area (Å²) in [7, 11) is -1.98. The summed E-state index contributed by atoms with van der Waals surface area (Å²) in [6, 6.07) is 9.74. The highest BCUT2D eigenvalue weighted by Gasteiger charge is 2.28. The van der Waals surface area contributed by atoms with Crippen LogP contribution in [0.3, 0.4) is 0 Å². The number of rotatable bonds is 3. The van der Waals surface area contributed by atoms with Gasteiger partial charge in [0.25, 0.3) is 0 Å². The zero-order valence-electron chi connectivity index (χ0n) is 12.3. The average molecular weight is 369 g/mol. The van der Waals surface area contributed by atoms with Crippen LogP contribution in [0.25, 0.3) is 11.1 Å². The molecule has 1 unspecified atom stereocenters. The molecule has 0 aliphatic carbocycles. The SMILES string of the molecule is O=S(c1ccccn1)c1ccccc1-c1c(F)c(F)c(F)c(F)c1F. The van der Waals surface area contributed by atoms with Crippen molar-refractivity contribution in [2.45, 2.75) is 9.92 Å². The van der Waals surface area contributed by atoms with Crippen molar-refractivity contribution >= 4 is 10.8 Å². The van der Waals surface area contributed by atoms with Crippen molar-refractivity contribution in [2.24, 2.45) is 0 Å². The van der Waals surface area contributed by atoms with E-state index in [0.717, 1.165) is 6.07 Å². The summed E-state index contributed by atoms with van der Waals surface area (Å²) in [6.07, 6.45) is 1.37. The van der Waals surface area contributed by atoms with E-state index in [0.29, 0.717) is 0 Å². The Morgan fingerprint density at radius 3 is 1.88 bits per heavy atom. The molecule has 0 saturated carbocycles. The van der Waals surface area contributed by atoms with Gasteiger partial charge in [0.05, 0.1) is 10.5 Å². The van der Waals surface area contributed by atoms with Gasteiger partial charge in [-0.15, -0.1) is 0 Å². The van der Waals surface area contributed by atoms with Gasteiger partial charge in [0.2, 0.25) is 5.82 Å². The van der Waals surface area contributed by atoms with Crippen LogP contribution in [0.2, 0.25) is 0 Å². The predicted molar refractivity (Wildman–Crippen MR) is 80.6 cm³/mol. The predicted octanol–water partition coefficient (Wildman–Crippen LogP) is 4.61. The van der Waals surface area contributed by atoms with E-state index >= 15 is 0 Å². The van der Waals surface area contributed by atoms with E-state index in [1.165, 1.54) is 30.5 Å². The van der Waals surface area contributed by atoms with Crippen molar-refractivity contribution in [3.63, 3.8) is 0 Å². The smallest absolute Gasteiger partial charge is 0.200 e. The van der Waals surface area contributed by atoms with Crippen molar-refractivity contribution in [1.29, 1.82) is 0 Å². The first-order chi connectivity index (χ1) is 11.9. The van der Waals surface area contributed by atoms with Crippen LogP contribution in [0.4, 0.5) is 22.0 Å². The van der Waals surface area contributed by atoms with E-state index in [-0.39, 0.29) is 15.5 Å². The summed E-state index contributed by atoms with van der Waals surface area (Å²) in [5.41, 5.74) is -1.49. The summed E-state index contributed by atoms with van der Waals surface area (Å²) >= 11 is 0. The molecule has 0 aliphatic rings. The molecule has 8 heteroatoms. The lowest BCUT2D eigenvalue weighted by atomic mass is 10.0. The van der Waals surface area contributed by atoms with Gasteiger partial charge >= 0.3 is 0 Å². The summed E-state index contributed by atoms with van der Waals surface area (Å²) in [5.74, 6) is -10.3. The number of hydrogen-bond donors (Lipinski definition) is 0. The minimum Gasteiger partial charge on any atom is -0.247 e. The first-order valence-electron chi connectivity index (χ1n) is 6.87. The lowest BCUT2D eigenvalue weighted by molar-refractivity contribution is 0.381. The molecule has 1 aromatic heterocycles. The largest absolute Gasteiger partial charge is 0.247 e. The fraction of sp³-hybridized carbons (Fsp3) is 0. The molecular weight excluding hydrogens is 361 g/mol. The molecule has 128 valence electrons. The van der Waals surface area contributed by atoms with Crippen molar-refractivity contribution in [3.05, 3.63) is 77.7 Å². The molecule has 1 heterocycles. The quantitative estimate of drug-likeness (QED) is 0.383. The molecule has 0 N–H and O–H groups in total. The summed E-state index contributed by atoms with van der Waals surface area (Å²) in [4.78, 5) is 3.77. The zero-order chi connectivity index (χ0) is 18.1. The Morgan fingerprint density at radius 1 is 0.720 bits per heavy atom. The molecule has 0 saturated heterocycles. The topological polar surface area (TPSA) is 30.0 Å². The van der Waals surface area contributed by atoms with Gasteiger partial charge in [-0.3, -0.25) is 0 Å². The van der Waals surface area contributed by atoms with E-state index in [1.54, 1.807) is 12.1 Å². The second kappa shape index (κ2) is 6.72. The Balaban J connectivity index is 2.27. The molecule has 0 bridgehead atoms. The number of halogens is 5. The lowest BCUT2D eigenvalue weighted by Crippen LogP contribution is -2.06. The van der Waals surface area contributed by atoms with Crippen molar-refractivity contribution < 1.29 is 26.2 Å². The number of hydrogen-bond acceptors (Lipinski definition) is 2. The maximum atomic E-state index is 14.1. The average Bonchev–Trinajstić information content (AvgIpc) is 2.65. The van der Waals surface area contributed by atoms with Gasteiger partial charge in [0.15, 0.2) is 23.3 Å². The van der Waals surface area contributed by atoms with Gasteiger partial charge < -0.3 is 0 Å². The Morgan fingerprint density at radius 2 is 1.28 bits per heavy atom. The molecule has 25 heavy (non-hydrogen) atoms. The van der Waals surface area contributed by atoms with Crippen LogP contribution in [-0.2, 0) is 10.8 Å². The molecule has 0 spiro atoms. The fourth-order valence-electron chi connectivity index (χ4n) is 2.25. The number of benzene rings is 2. The maximum absolute atomic E-state index is 14.1. The monoisotopic (exact) mass is 369 g/mol. The van der Waals surface area contributed by atoms with Gasteiger partial charge in [-0.25, -0.2) is 31.1 Å². The Hall–Kier alpha value is -2.61. The van der Waals surface area contributed by atoms with Crippen LogP contribution in [0.15, 0.2) is 58.6 Å². The Bertz CT molecular complexity index is 949. The van der Waals surface area contributed by atoms with E-state index < -0.39 is 45.4 Å². The van der Waals surface area contributed by atoms with Crippen molar-refractivity contribution in [1.82, 2.24) is 4.98 Å². The van der Waals surface area contributed by atoms with Crippen molar-refractivity contribution in [3.8, 4) is 11.1 Å². The minimum absolute atomic E-state index is 0.0822. The molecule has 0 aliphatic heterocycles. The third-order valence-electron chi connectivity index (χ3n) is 3.39. The summed E-state index contributed by atoms with van der Waals surface area (Å²) in [6.45, 7) is 0. The normalized spacial score (nSPS) is 12.2. The van der Waals surface area contributed by atoms with Crippen LogP contribution < -0.4 is 0 Å². The van der Waals surface area contributed by atoms with Gasteiger partial charge in [0.1, 0.15) is 15.8 Å². The van der Waals surface area contributed by atoms with Gasteiger partial charge in [-0.1, -0.05) is 24.3 Å². The highest BCUT2D eigenvalue weighted by atomic mass is 32.2. The standard InChI is InChI=1S/C17H8F5NOS/c18-13-12(14(19)16(21)17(22)15(13)20)9-5-1-2-6-10(9)25(24)11-7-3-4-8-23-11/h1-8H. The second-order valence-corrected chi connectivity index (χ2v) is 6.27. The minimum atomic E-state index is -2.25. The molecule has 0 radical (unpaired) electrons. The maximum Gasteiger partial charge on any atom is 0.200 e. The third-order valence-corrected chi connectivity index (χ3v) is 4.77. The molecule has 3 rings (SSSR count). The van der Waals surface area contributed by atoms with E-state index in [1.807, 2.05) is 0 Å². The molecule has 0 amide bonds. The van der Waals surface area contributed by atoms with E-state index in [2.05, 4.69) is 4.98 Å². The van der Waals surface area contributed by atoms with Gasteiger partial charge in [-0.2, -0.15) is 0 Å². The Labute approximate surface area is 141 Å². The summed E-state index contributed by atoms with van der Waals surface area (Å²) in [5, 5.41) is 0.0822. The molecule has 3 aromatic rings.